The van der Waals surface area contributed by atoms with Crippen LogP contribution in [0.25, 0.3) is 0 Å². The van der Waals surface area contributed by atoms with E-state index in [0.717, 1.165) is 17.3 Å². The van der Waals surface area contributed by atoms with Gasteiger partial charge in [0.25, 0.3) is 0 Å². The summed E-state index contributed by atoms with van der Waals surface area (Å²) in [5.41, 5.74) is 0.909. The van der Waals surface area contributed by atoms with Crippen molar-refractivity contribution >= 4 is 17.6 Å². The number of carbonyl (C=O) groups is 2. The molecule has 0 spiro atoms. The molecular weight excluding hydrogens is 308 g/mol. The van der Waals surface area contributed by atoms with E-state index in [4.69, 9.17) is 0 Å². The Balaban J connectivity index is 1.58. The van der Waals surface area contributed by atoms with Crippen molar-refractivity contribution in [2.75, 3.05) is 18.4 Å². The lowest BCUT2D eigenvalue weighted by Crippen LogP contribution is -2.43. The third-order valence-corrected chi connectivity index (χ3v) is 3.81. The third kappa shape index (κ3) is 3.89. The lowest BCUT2D eigenvalue weighted by Gasteiger charge is -2.27. The number of carbonyl (C=O) groups excluding carboxylic acids is 2. The number of rotatable bonds is 5. The second-order valence-electron chi connectivity index (χ2n) is 5.64. The zero-order valence-electron chi connectivity index (χ0n) is 13.5. The van der Waals surface area contributed by atoms with Gasteiger partial charge in [0, 0.05) is 32.4 Å². The highest BCUT2D eigenvalue weighted by Gasteiger charge is 2.22. The van der Waals surface area contributed by atoms with Gasteiger partial charge in [0.2, 0.25) is 11.8 Å². The van der Waals surface area contributed by atoms with E-state index < -0.39 is 0 Å². The first kappa shape index (κ1) is 16.0. The van der Waals surface area contributed by atoms with Crippen LogP contribution in [0.3, 0.4) is 0 Å². The maximum atomic E-state index is 12.1. The van der Waals surface area contributed by atoms with Crippen LogP contribution >= 0.6 is 0 Å². The van der Waals surface area contributed by atoms with Crippen molar-refractivity contribution in [3.63, 3.8) is 0 Å². The zero-order chi connectivity index (χ0) is 16.9. The summed E-state index contributed by atoms with van der Waals surface area (Å²) < 4.78 is 2.07. The van der Waals surface area contributed by atoms with Gasteiger partial charge < -0.3 is 20.1 Å². The van der Waals surface area contributed by atoms with Crippen molar-refractivity contribution in [2.45, 2.75) is 26.6 Å². The molecule has 0 aliphatic carbocycles. The Hall–Kier alpha value is -2.90. The van der Waals surface area contributed by atoms with Crippen LogP contribution < -0.4 is 10.6 Å². The number of nitrogens with zero attached hydrogens (tertiary/aromatic N) is 4. The summed E-state index contributed by atoms with van der Waals surface area (Å²) in [7, 11) is 0. The monoisotopic (exact) mass is 328 g/mol. The Kier molecular flexibility index (Phi) is 4.74. The van der Waals surface area contributed by atoms with Crippen LogP contribution in [-0.4, -0.2) is 44.3 Å². The lowest BCUT2D eigenvalue weighted by atomic mass is 10.3. The van der Waals surface area contributed by atoms with Crippen LogP contribution in [0.5, 0.6) is 0 Å². The van der Waals surface area contributed by atoms with Gasteiger partial charge in [-0.3, -0.25) is 9.59 Å². The zero-order valence-corrected chi connectivity index (χ0v) is 13.5. The largest absolute Gasteiger partial charge is 0.364 e. The molecule has 126 valence electrons. The van der Waals surface area contributed by atoms with Crippen molar-refractivity contribution in [3.05, 3.63) is 42.1 Å². The quantitative estimate of drug-likeness (QED) is 0.827. The first-order valence-electron chi connectivity index (χ1n) is 7.84. The topological polar surface area (TPSA) is 92.2 Å². The number of pyridine rings is 1. The molecule has 0 aromatic carbocycles. The normalized spacial score (nSPS) is 13.3. The first-order chi connectivity index (χ1) is 11.6. The Morgan fingerprint density at radius 3 is 2.92 bits per heavy atom. The highest BCUT2D eigenvalue weighted by atomic mass is 16.2. The average molecular weight is 328 g/mol. The van der Waals surface area contributed by atoms with Gasteiger partial charge in [-0.05, 0) is 12.1 Å². The summed E-state index contributed by atoms with van der Waals surface area (Å²) in [6.45, 7) is 3.80. The maximum Gasteiger partial charge on any atom is 0.242 e. The Labute approximate surface area is 139 Å². The molecule has 0 fully saturated rings. The van der Waals surface area contributed by atoms with Gasteiger partial charge in [-0.25, -0.2) is 9.97 Å². The van der Waals surface area contributed by atoms with E-state index in [1.54, 1.807) is 11.1 Å². The molecule has 1 aliphatic heterocycles. The molecule has 0 saturated carbocycles. The van der Waals surface area contributed by atoms with Crippen molar-refractivity contribution in [1.29, 1.82) is 0 Å². The smallest absolute Gasteiger partial charge is 0.242 e. The number of imidazole rings is 1. The van der Waals surface area contributed by atoms with Crippen LogP contribution in [0, 0.1) is 0 Å². The fourth-order valence-corrected chi connectivity index (χ4v) is 2.57. The maximum absolute atomic E-state index is 12.1. The summed E-state index contributed by atoms with van der Waals surface area (Å²) >= 11 is 0. The summed E-state index contributed by atoms with van der Waals surface area (Å²) in [5, 5.41) is 5.76. The van der Waals surface area contributed by atoms with Gasteiger partial charge in [-0.2, -0.15) is 0 Å². The number of hydrogen-bond acceptors (Lipinski definition) is 5. The second kappa shape index (κ2) is 7.12. The van der Waals surface area contributed by atoms with Gasteiger partial charge in [0.15, 0.2) is 0 Å². The molecule has 0 radical (unpaired) electrons. The Morgan fingerprint density at radius 1 is 1.29 bits per heavy atom. The van der Waals surface area contributed by atoms with Gasteiger partial charge in [-0.1, -0.05) is 6.07 Å². The molecular formula is C16H20N6O2. The van der Waals surface area contributed by atoms with E-state index in [0.29, 0.717) is 26.2 Å². The van der Waals surface area contributed by atoms with Crippen molar-refractivity contribution in [3.8, 4) is 0 Å². The molecule has 3 heterocycles. The van der Waals surface area contributed by atoms with Crippen molar-refractivity contribution < 1.29 is 9.59 Å². The predicted molar refractivity (Wildman–Crippen MR) is 87.9 cm³/mol. The van der Waals surface area contributed by atoms with Crippen LogP contribution in [0.4, 0.5) is 5.82 Å². The van der Waals surface area contributed by atoms with E-state index in [2.05, 4.69) is 25.2 Å². The van der Waals surface area contributed by atoms with Gasteiger partial charge >= 0.3 is 0 Å². The number of hydrogen-bond donors (Lipinski definition) is 2. The SMILES string of the molecule is CC(=O)NCC(=O)N1CCn2cc(CNc3ccccn3)nc2C1. The van der Waals surface area contributed by atoms with Gasteiger partial charge in [0.1, 0.15) is 11.6 Å². The summed E-state index contributed by atoms with van der Waals surface area (Å²) in [6, 6.07) is 5.69. The third-order valence-electron chi connectivity index (χ3n) is 3.81. The first-order valence-corrected chi connectivity index (χ1v) is 7.84. The van der Waals surface area contributed by atoms with Crippen molar-refractivity contribution in [1.82, 2.24) is 24.8 Å². The Bertz CT molecular complexity index is 727. The van der Waals surface area contributed by atoms with E-state index in [-0.39, 0.29) is 18.4 Å². The van der Waals surface area contributed by atoms with E-state index in [1.165, 1.54) is 6.92 Å². The van der Waals surface area contributed by atoms with Crippen LogP contribution in [0.15, 0.2) is 30.6 Å². The Morgan fingerprint density at radius 2 is 2.17 bits per heavy atom. The second-order valence-corrected chi connectivity index (χ2v) is 5.64. The molecule has 0 saturated heterocycles. The van der Waals surface area contributed by atoms with E-state index >= 15 is 0 Å². The van der Waals surface area contributed by atoms with Gasteiger partial charge in [0.05, 0.1) is 25.3 Å². The molecule has 2 N–H and O–H groups in total. The summed E-state index contributed by atoms with van der Waals surface area (Å²) in [5.74, 6) is 1.36. The highest BCUT2D eigenvalue weighted by Crippen LogP contribution is 2.14. The number of amides is 2. The minimum Gasteiger partial charge on any atom is -0.364 e. The molecule has 0 unspecified atom stereocenters. The molecule has 1 aliphatic rings. The molecule has 2 aromatic heterocycles. The molecule has 2 amide bonds. The van der Waals surface area contributed by atoms with Crippen molar-refractivity contribution in [2.24, 2.45) is 0 Å². The molecule has 0 bridgehead atoms. The predicted octanol–water partition coefficient (Wildman–Crippen LogP) is 0.369. The number of anilines is 1. The lowest BCUT2D eigenvalue weighted by molar-refractivity contribution is -0.133. The fraction of sp³-hybridized carbons (Fsp3) is 0.375. The summed E-state index contributed by atoms with van der Waals surface area (Å²) in [4.78, 5) is 33.5. The van der Waals surface area contributed by atoms with E-state index in [1.807, 2.05) is 24.4 Å². The number of nitrogens with one attached hydrogen (secondary N) is 2. The van der Waals surface area contributed by atoms with E-state index in [9.17, 15) is 9.59 Å². The molecule has 2 aromatic rings. The standard InChI is InChI=1S/C16H20N6O2/c1-12(23)18-9-16(24)22-7-6-21-10-13(20-15(21)11-22)8-19-14-4-2-3-5-17-14/h2-5,10H,6-9,11H2,1H3,(H,17,19)(H,18,23). The van der Waals surface area contributed by atoms with Crippen LogP contribution in [-0.2, 0) is 29.2 Å². The van der Waals surface area contributed by atoms with Crippen LogP contribution in [0.2, 0.25) is 0 Å². The molecule has 0 atom stereocenters. The fourth-order valence-electron chi connectivity index (χ4n) is 2.57. The van der Waals surface area contributed by atoms with Crippen LogP contribution in [0.1, 0.15) is 18.4 Å². The van der Waals surface area contributed by atoms with Gasteiger partial charge in [-0.15, -0.1) is 0 Å². The summed E-state index contributed by atoms with van der Waals surface area (Å²) in [6.07, 6.45) is 3.74. The average Bonchev–Trinajstić information content (AvgIpc) is 3.00. The highest BCUT2D eigenvalue weighted by molar-refractivity contribution is 5.83. The molecule has 3 rings (SSSR count). The molecule has 24 heavy (non-hydrogen) atoms. The minimum atomic E-state index is -0.204. The number of aromatic nitrogens is 3. The molecule has 8 nitrogen and oxygen atoms in total. The molecule has 8 heteroatoms. The minimum absolute atomic E-state index is 0.0319. The number of fused-ring (bicyclic) bond motifs is 1.